The van der Waals surface area contributed by atoms with Crippen molar-refractivity contribution in [1.82, 2.24) is 15.3 Å². The van der Waals surface area contributed by atoms with Gasteiger partial charge >= 0.3 is 0 Å². The van der Waals surface area contributed by atoms with Crippen LogP contribution in [0, 0.1) is 6.92 Å². The Morgan fingerprint density at radius 3 is 2.71 bits per heavy atom. The summed E-state index contributed by atoms with van der Waals surface area (Å²) in [5, 5.41) is 3.43. The first kappa shape index (κ1) is 11.7. The fourth-order valence-electron chi connectivity index (χ4n) is 1.61. The molecule has 2 rings (SSSR count). The van der Waals surface area contributed by atoms with E-state index in [-0.39, 0.29) is 6.04 Å². The Morgan fingerprint density at radius 1 is 1.18 bits per heavy atom. The fourth-order valence-corrected chi connectivity index (χ4v) is 1.61. The first-order valence-electron chi connectivity index (χ1n) is 5.81. The van der Waals surface area contributed by atoms with Crippen molar-refractivity contribution >= 4 is 0 Å². The molecule has 88 valence electrons. The van der Waals surface area contributed by atoms with Gasteiger partial charge in [-0.2, -0.15) is 0 Å². The van der Waals surface area contributed by atoms with Crippen LogP contribution < -0.4 is 5.32 Å². The highest BCUT2D eigenvalue weighted by molar-refractivity contribution is 5.14. The van der Waals surface area contributed by atoms with E-state index in [2.05, 4.69) is 28.3 Å². The molecule has 0 bridgehead atoms. The van der Waals surface area contributed by atoms with E-state index >= 15 is 0 Å². The summed E-state index contributed by atoms with van der Waals surface area (Å²) in [6, 6.07) is 10.3. The van der Waals surface area contributed by atoms with Gasteiger partial charge in [-0.25, -0.2) is 0 Å². The lowest BCUT2D eigenvalue weighted by atomic mass is 10.2. The fraction of sp³-hybridized carbons (Fsp3) is 0.286. The molecule has 0 aliphatic rings. The largest absolute Gasteiger partial charge is 0.305 e. The van der Waals surface area contributed by atoms with Gasteiger partial charge in [0.1, 0.15) is 0 Å². The lowest BCUT2D eigenvalue weighted by Gasteiger charge is -2.12. The van der Waals surface area contributed by atoms with Crippen LogP contribution in [0.15, 0.2) is 42.7 Å². The van der Waals surface area contributed by atoms with E-state index in [1.165, 1.54) is 5.56 Å². The third kappa shape index (κ3) is 3.36. The molecular weight excluding hydrogens is 210 g/mol. The van der Waals surface area contributed by atoms with Gasteiger partial charge in [0, 0.05) is 30.7 Å². The molecule has 2 aromatic rings. The van der Waals surface area contributed by atoms with Crippen molar-refractivity contribution in [2.75, 3.05) is 0 Å². The minimum absolute atomic E-state index is 0.248. The maximum Gasteiger partial charge on any atom is 0.0570 e. The van der Waals surface area contributed by atoms with Crippen molar-refractivity contribution in [3.8, 4) is 0 Å². The van der Waals surface area contributed by atoms with Gasteiger partial charge in [-0.3, -0.25) is 9.97 Å². The lowest BCUT2D eigenvalue weighted by molar-refractivity contribution is 0.560. The van der Waals surface area contributed by atoms with Crippen LogP contribution in [0.1, 0.15) is 29.9 Å². The highest BCUT2D eigenvalue weighted by Gasteiger charge is 2.04. The molecule has 2 heterocycles. The zero-order chi connectivity index (χ0) is 12.1. The lowest BCUT2D eigenvalue weighted by Crippen LogP contribution is -2.19. The van der Waals surface area contributed by atoms with Crippen LogP contribution in [-0.2, 0) is 6.54 Å². The average Bonchev–Trinajstić information content (AvgIpc) is 2.39. The van der Waals surface area contributed by atoms with Crippen LogP contribution in [-0.4, -0.2) is 9.97 Å². The van der Waals surface area contributed by atoms with E-state index in [4.69, 9.17) is 0 Å². The first-order chi connectivity index (χ1) is 8.25. The molecule has 0 radical (unpaired) electrons. The number of nitrogens with one attached hydrogen (secondary N) is 1. The van der Waals surface area contributed by atoms with Crippen molar-refractivity contribution in [1.29, 1.82) is 0 Å². The molecule has 0 unspecified atom stereocenters. The van der Waals surface area contributed by atoms with Crippen LogP contribution in [0.5, 0.6) is 0 Å². The van der Waals surface area contributed by atoms with Gasteiger partial charge in [-0.05, 0) is 37.6 Å². The minimum atomic E-state index is 0.248. The number of aryl methyl sites for hydroxylation is 1. The van der Waals surface area contributed by atoms with Gasteiger partial charge in [0.2, 0.25) is 0 Å². The third-order valence-electron chi connectivity index (χ3n) is 2.72. The molecule has 3 nitrogen and oxygen atoms in total. The SMILES string of the molecule is Cc1ccc(CN[C@@H](C)c2ccccn2)cn1. The van der Waals surface area contributed by atoms with Gasteiger partial charge in [0.25, 0.3) is 0 Å². The molecule has 17 heavy (non-hydrogen) atoms. The molecule has 3 heteroatoms. The number of hydrogen-bond donors (Lipinski definition) is 1. The van der Waals surface area contributed by atoms with Crippen LogP contribution in [0.3, 0.4) is 0 Å². The summed E-state index contributed by atoms with van der Waals surface area (Å²) in [7, 11) is 0. The quantitative estimate of drug-likeness (QED) is 0.872. The second-order valence-electron chi connectivity index (χ2n) is 4.17. The molecule has 0 saturated heterocycles. The zero-order valence-electron chi connectivity index (χ0n) is 10.2. The Bertz CT molecular complexity index is 451. The van der Waals surface area contributed by atoms with Gasteiger partial charge in [0.05, 0.1) is 5.69 Å². The molecular formula is C14H17N3. The molecule has 0 spiro atoms. The average molecular weight is 227 g/mol. The Hall–Kier alpha value is -1.74. The van der Waals surface area contributed by atoms with E-state index in [0.29, 0.717) is 0 Å². The van der Waals surface area contributed by atoms with E-state index in [0.717, 1.165) is 17.9 Å². The van der Waals surface area contributed by atoms with E-state index in [1.54, 1.807) is 0 Å². The molecule has 0 fully saturated rings. The molecule has 0 aliphatic heterocycles. The summed E-state index contributed by atoms with van der Waals surface area (Å²) in [6.07, 6.45) is 3.73. The topological polar surface area (TPSA) is 37.8 Å². The number of hydrogen-bond acceptors (Lipinski definition) is 3. The summed E-state index contributed by atoms with van der Waals surface area (Å²) in [6.45, 7) is 4.92. The first-order valence-corrected chi connectivity index (χ1v) is 5.81. The van der Waals surface area contributed by atoms with Gasteiger partial charge in [-0.1, -0.05) is 12.1 Å². The van der Waals surface area contributed by atoms with Gasteiger partial charge < -0.3 is 5.32 Å². The monoisotopic (exact) mass is 227 g/mol. The summed E-state index contributed by atoms with van der Waals surface area (Å²) >= 11 is 0. The summed E-state index contributed by atoms with van der Waals surface area (Å²) in [4.78, 5) is 8.60. The smallest absolute Gasteiger partial charge is 0.0570 e. The van der Waals surface area contributed by atoms with Gasteiger partial charge in [0.15, 0.2) is 0 Å². The van der Waals surface area contributed by atoms with Crippen LogP contribution in [0.4, 0.5) is 0 Å². The Balaban J connectivity index is 1.92. The van der Waals surface area contributed by atoms with E-state index in [9.17, 15) is 0 Å². The molecule has 0 amide bonds. The molecule has 0 aliphatic carbocycles. The highest BCUT2D eigenvalue weighted by atomic mass is 14.9. The van der Waals surface area contributed by atoms with Crippen molar-refractivity contribution in [3.05, 3.63) is 59.7 Å². The normalized spacial score (nSPS) is 12.4. The zero-order valence-corrected chi connectivity index (χ0v) is 10.2. The van der Waals surface area contributed by atoms with Crippen molar-refractivity contribution in [2.24, 2.45) is 0 Å². The summed E-state index contributed by atoms with van der Waals surface area (Å²) in [5.41, 5.74) is 3.30. The Morgan fingerprint density at radius 2 is 2.06 bits per heavy atom. The predicted molar refractivity (Wildman–Crippen MR) is 68.5 cm³/mol. The highest BCUT2D eigenvalue weighted by Crippen LogP contribution is 2.09. The molecule has 2 aromatic heterocycles. The van der Waals surface area contributed by atoms with E-state index in [1.807, 2.05) is 43.6 Å². The maximum absolute atomic E-state index is 4.33. The second kappa shape index (κ2) is 5.55. The molecule has 0 saturated carbocycles. The van der Waals surface area contributed by atoms with Crippen LogP contribution >= 0.6 is 0 Å². The third-order valence-corrected chi connectivity index (χ3v) is 2.72. The predicted octanol–water partition coefficient (Wildman–Crippen LogP) is 2.64. The number of nitrogens with zero attached hydrogens (tertiary/aromatic N) is 2. The Labute approximate surface area is 102 Å². The van der Waals surface area contributed by atoms with Crippen molar-refractivity contribution in [2.45, 2.75) is 26.4 Å². The number of aromatic nitrogens is 2. The van der Waals surface area contributed by atoms with Crippen LogP contribution in [0.25, 0.3) is 0 Å². The molecule has 0 aromatic carbocycles. The summed E-state index contributed by atoms with van der Waals surface area (Å²) in [5.74, 6) is 0. The van der Waals surface area contributed by atoms with Crippen molar-refractivity contribution in [3.63, 3.8) is 0 Å². The second-order valence-corrected chi connectivity index (χ2v) is 4.17. The standard InChI is InChI=1S/C14H17N3/c1-11-6-7-13(9-16-11)10-17-12(2)14-5-3-4-8-15-14/h3-9,12,17H,10H2,1-2H3/t12-/m0/s1. The van der Waals surface area contributed by atoms with E-state index < -0.39 is 0 Å². The molecule has 1 N–H and O–H groups in total. The Kier molecular flexibility index (Phi) is 3.83. The maximum atomic E-state index is 4.33. The van der Waals surface area contributed by atoms with Gasteiger partial charge in [-0.15, -0.1) is 0 Å². The number of pyridine rings is 2. The summed E-state index contributed by atoms with van der Waals surface area (Å²) < 4.78 is 0. The number of rotatable bonds is 4. The molecule has 1 atom stereocenters. The minimum Gasteiger partial charge on any atom is -0.305 e. The van der Waals surface area contributed by atoms with Crippen LogP contribution in [0.2, 0.25) is 0 Å². The van der Waals surface area contributed by atoms with Crippen molar-refractivity contribution < 1.29 is 0 Å².